The van der Waals surface area contributed by atoms with Gasteiger partial charge in [-0.25, -0.2) is 8.60 Å². The predicted molar refractivity (Wildman–Crippen MR) is 65.6 cm³/mol. The number of benzene rings is 1. The molecule has 1 rings (SSSR count). The molecular weight excluding hydrogens is 267 g/mol. The number of hydrogen-bond donors (Lipinski definition) is 0. The minimum Gasteiger partial charge on any atom is -0.234 e. The number of rotatable bonds is 5. The average Bonchev–Trinajstić information content (AvgIpc) is 2.30. The SMILES string of the molecule is CN(C)S(=O)(=O)N(c1ccccc1)S(=O)CF. The van der Waals surface area contributed by atoms with Crippen LogP contribution in [-0.4, -0.2) is 37.0 Å². The van der Waals surface area contributed by atoms with Gasteiger partial charge in [0, 0.05) is 14.1 Å². The highest BCUT2D eigenvalue weighted by Crippen LogP contribution is 2.21. The summed E-state index contributed by atoms with van der Waals surface area (Å²) in [7, 11) is -3.66. The number of nitrogens with zero attached hydrogens (tertiary/aromatic N) is 2. The highest BCUT2D eigenvalue weighted by atomic mass is 32.3. The molecule has 0 N–H and O–H groups in total. The molecule has 96 valence electrons. The van der Waals surface area contributed by atoms with Gasteiger partial charge < -0.3 is 0 Å². The van der Waals surface area contributed by atoms with Gasteiger partial charge in [0.15, 0.2) is 17.0 Å². The maximum absolute atomic E-state index is 12.5. The van der Waals surface area contributed by atoms with E-state index in [1.807, 2.05) is 0 Å². The summed E-state index contributed by atoms with van der Waals surface area (Å²) in [4.78, 5) is 0. The first kappa shape index (κ1) is 14.1. The maximum Gasteiger partial charge on any atom is 0.315 e. The third-order valence-electron chi connectivity index (χ3n) is 1.92. The Hall–Kier alpha value is -0.990. The summed E-state index contributed by atoms with van der Waals surface area (Å²) in [6.45, 7) is 0. The van der Waals surface area contributed by atoms with Crippen LogP contribution in [0.4, 0.5) is 10.1 Å². The normalized spacial score (nSPS) is 13.6. The Bertz CT molecular complexity index is 490. The molecule has 1 unspecified atom stereocenters. The summed E-state index contributed by atoms with van der Waals surface area (Å²) >= 11 is 0. The van der Waals surface area contributed by atoms with Crippen LogP contribution in [0.3, 0.4) is 0 Å². The third-order valence-corrected chi connectivity index (χ3v) is 5.30. The zero-order valence-electron chi connectivity index (χ0n) is 9.41. The number of anilines is 1. The minimum absolute atomic E-state index is 0.164. The van der Waals surface area contributed by atoms with Crippen molar-refractivity contribution >= 4 is 26.9 Å². The number of hydrogen-bond acceptors (Lipinski definition) is 3. The summed E-state index contributed by atoms with van der Waals surface area (Å²) in [5, 5.41) is 0. The Kier molecular flexibility index (Phi) is 4.61. The second-order valence-corrected chi connectivity index (χ2v) is 6.73. The van der Waals surface area contributed by atoms with E-state index in [4.69, 9.17) is 0 Å². The van der Waals surface area contributed by atoms with Crippen LogP contribution in [0.1, 0.15) is 0 Å². The quantitative estimate of drug-likeness (QED) is 0.805. The Morgan fingerprint density at radius 2 is 1.76 bits per heavy atom. The van der Waals surface area contributed by atoms with Crippen LogP contribution in [0.15, 0.2) is 30.3 Å². The van der Waals surface area contributed by atoms with Crippen LogP contribution in [0.25, 0.3) is 0 Å². The van der Waals surface area contributed by atoms with Gasteiger partial charge in [0.2, 0.25) is 0 Å². The maximum atomic E-state index is 12.5. The molecule has 17 heavy (non-hydrogen) atoms. The molecule has 0 saturated carbocycles. The lowest BCUT2D eigenvalue weighted by Gasteiger charge is -2.24. The second-order valence-electron chi connectivity index (χ2n) is 3.28. The highest BCUT2D eigenvalue weighted by molar-refractivity contribution is 8.06. The van der Waals surface area contributed by atoms with E-state index < -0.39 is 27.2 Å². The van der Waals surface area contributed by atoms with E-state index in [0.717, 1.165) is 4.31 Å². The second kappa shape index (κ2) is 5.56. The van der Waals surface area contributed by atoms with Gasteiger partial charge in [-0.15, -0.1) is 0 Å². The van der Waals surface area contributed by atoms with E-state index in [2.05, 4.69) is 0 Å². The van der Waals surface area contributed by atoms with Crippen LogP contribution in [-0.2, 0) is 21.2 Å². The molecule has 0 amide bonds. The lowest BCUT2D eigenvalue weighted by molar-refractivity contribution is 0.521. The summed E-state index contributed by atoms with van der Waals surface area (Å²) in [5.41, 5.74) is 0.164. The van der Waals surface area contributed by atoms with Gasteiger partial charge in [-0.1, -0.05) is 18.2 Å². The molecule has 1 atom stereocenters. The zero-order valence-corrected chi connectivity index (χ0v) is 11.0. The van der Waals surface area contributed by atoms with Gasteiger partial charge in [-0.05, 0) is 12.1 Å². The predicted octanol–water partition coefficient (Wildman–Crippen LogP) is 0.890. The highest BCUT2D eigenvalue weighted by Gasteiger charge is 2.30. The molecule has 1 aromatic rings. The lowest BCUT2D eigenvalue weighted by Crippen LogP contribution is -2.41. The van der Waals surface area contributed by atoms with Crippen LogP contribution in [0, 0.1) is 0 Å². The van der Waals surface area contributed by atoms with E-state index >= 15 is 0 Å². The number of alkyl halides is 1. The minimum atomic E-state index is -3.98. The van der Waals surface area contributed by atoms with E-state index in [1.165, 1.54) is 26.2 Å². The molecule has 0 aliphatic rings. The Balaban J connectivity index is 3.29. The first-order valence-electron chi connectivity index (χ1n) is 4.63. The Labute approximate surface area is 103 Å². The zero-order chi connectivity index (χ0) is 13.1. The summed E-state index contributed by atoms with van der Waals surface area (Å²) in [5.74, 6) is 0. The fourth-order valence-electron chi connectivity index (χ4n) is 1.10. The molecule has 0 aliphatic carbocycles. The van der Waals surface area contributed by atoms with Crippen LogP contribution < -0.4 is 3.71 Å². The monoisotopic (exact) mass is 280 g/mol. The van der Waals surface area contributed by atoms with E-state index in [-0.39, 0.29) is 5.69 Å². The van der Waals surface area contributed by atoms with Crippen molar-refractivity contribution in [2.24, 2.45) is 0 Å². The molecule has 0 heterocycles. The molecule has 0 saturated heterocycles. The molecule has 0 aliphatic heterocycles. The molecule has 1 aromatic carbocycles. The van der Waals surface area contributed by atoms with Crippen molar-refractivity contribution in [3.63, 3.8) is 0 Å². The molecule has 0 aromatic heterocycles. The van der Waals surface area contributed by atoms with E-state index in [9.17, 15) is 17.0 Å². The lowest BCUT2D eigenvalue weighted by atomic mass is 10.3. The smallest absolute Gasteiger partial charge is 0.234 e. The first-order chi connectivity index (χ1) is 7.91. The largest absolute Gasteiger partial charge is 0.315 e. The number of halogens is 1. The summed E-state index contributed by atoms with van der Waals surface area (Å²) in [6, 6.07) is 6.50. The van der Waals surface area contributed by atoms with Crippen LogP contribution in [0.5, 0.6) is 0 Å². The van der Waals surface area contributed by atoms with Crippen molar-refractivity contribution in [1.82, 2.24) is 4.31 Å². The Morgan fingerprint density at radius 1 is 1.24 bits per heavy atom. The van der Waals surface area contributed by atoms with Crippen LogP contribution in [0.2, 0.25) is 0 Å². The standard InChI is InChI=1S/C9H13FN2O3S2/c1-11(2)17(14,15)12(16(13)8-10)9-6-4-3-5-7-9/h3-7H,8H2,1-2H3. The van der Waals surface area contributed by atoms with Crippen molar-refractivity contribution in [2.45, 2.75) is 0 Å². The van der Waals surface area contributed by atoms with Crippen molar-refractivity contribution < 1.29 is 17.0 Å². The Morgan fingerprint density at radius 3 is 2.18 bits per heavy atom. The molecule has 0 fully saturated rings. The van der Waals surface area contributed by atoms with Gasteiger partial charge in [-0.3, -0.25) is 0 Å². The van der Waals surface area contributed by atoms with Gasteiger partial charge in [0.1, 0.15) is 0 Å². The number of para-hydroxylation sites is 1. The molecule has 0 radical (unpaired) electrons. The molecular formula is C9H13FN2O3S2. The molecule has 5 nitrogen and oxygen atoms in total. The fraction of sp³-hybridized carbons (Fsp3) is 0.333. The van der Waals surface area contributed by atoms with Crippen molar-refractivity contribution in [2.75, 3.05) is 23.8 Å². The van der Waals surface area contributed by atoms with Crippen LogP contribution >= 0.6 is 0 Å². The third kappa shape index (κ3) is 3.02. The molecule has 0 bridgehead atoms. The van der Waals surface area contributed by atoms with Gasteiger partial charge in [-0.2, -0.15) is 16.4 Å². The molecule has 0 spiro atoms. The topological polar surface area (TPSA) is 57.7 Å². The molecule has 8 heteroatoms. The summed E-state index contributed by atoms with van der Waals surface area (Å²) < 4.78 is 49.3. The van der Waals surface area contributed by atoms with Gasteiger partial charge in [0.25, 0.3) is 0 Å². The average molecular weight is 280 g/mol. The van der Waals surface area contributed by atoms with E-state index in [0.29, 0.717) is 3.71 Å². The van der Waals surface area contributed by atoms with E-state index in [1.54, 1.807) is 18.2 Å². The van der Waals surface area contributed by atoms with Crippen molar-refractivity contribution in [3.05, 3.63) is 30.3 Å². The van der Waals surface area contributed by atoms with Crippen molar-refractivity contribution in [3.8, 4) is 0 Å². The van der Waals surface area contributed by atoms with Gasteiger partial charge >= 0.3 is 10.2 Å². The first-order valence-corrected chi connectivity index (χ1v) is 7.31. The van der Waals surface area contributed by atoms with Gasteiger partial charge in [0.05, 0.1) is 5.69 Å². The van der Waals surface area contributed by atoms with Crippen molar-refractivity contribution in [1.29, 1.82) is 0 Å². The summed E-state index contributed by atoms with van der Waals surface area (Å²) in [6.07, 6.45) is 0. The fourth-order valence-corrected chi connectivity index (χ4v) is 3.59.